The lowest BCUT2D eigenvalue weighted by Gasteiger charge is -2.03. The minimum absolute atomic E-state index is 0.109. The van der Waals surface area contributed by atoms with Gasteiger partial charge < -0.3 is 15.3 Å². The number of amides is 1. The molecule has 0 aliphatic rings. The minimum Gasteiger partial charge on any atom is -0.476 e. The monoisotopic (exact) mass is 237 g/mol. The number of carbonyl (C=O) groups is 2. The van der Waals surface area contributed by atoms with Crippen LogP contribution >= 0.6 is 0 Å². The molecule has 0 unspecified atom stereocenters. The Bertz CT molecular complexity index is 445. The number of carbonyl (C=O) groups excluding carboxylic acids is 1. The summed E-state index contributed by atoms with van der Waals surface area (Å²) in [5, 5.41) is 14.7. The summed E-state index contributed by atoms with van der Waals surface area (Å²) in [6.45, 7) is 1.93. The van der Waals surface area contributed by atoms with Gasteiger partial charge >= 0.3 is 5.97 Å². The fourth-order valence-corrected chi connectivity index (χ4v) is 1.03. The highest BCUT2D eigenvalue weighted by Crippen LogP contribution is 2.06. The molecule has 0 aliphatic heterocycles. The van der Waals surface area contributed by atoms with E-state index in [0.29, 0.717) is 6.41 Å². The maximum atomic E-state index is 10.9. The van der Waals surface area contributed by atoms with Gasteiger partial charge in [0.15, 0.2) is 0 Å². The van der Waals surface area contributed by atoms with Crippen LogP contribution in [0.15, 0.2) is 23.4 Å². The molecule has 2 N–H and O–H groups in total. The molecule has 90 valence electrons. The summed E-state index contributed by atoms with van der Waals surface area (Å²) < 4.78 is 0. The molecule has 1 rings (SSSR count). The van der Waals surface area contributed by atoms with Crippen molar-refractivity contribution in [2.45, 2.75) is 6.92 Å². The smallest absolute Gasteiger partial charge is 0.360 e. The van der Waals surface area contributed by atoms with Gasteiger partial charge in [-0.3, -0.25) is 4.79 Å². The normalized spacial score (nSPS) is 10.8. The number of anilines is 1. The molecule has 7 nitrogen and oxygen atoms in total. The quantitative estimate of drug-likeness (QED) is 0.425. The highest BCUT2D eigenvalue weighted by molar-refractivity contribution is 6.41. The summed E-state index contributed by atoms with van der Waals surface area (Å²) in [7, 11) is 0. The van der Waals surface area contributed by atoms with Crippen molar-refractivity contribution in [3.05, 3.63) is 23.9 Å². The van der Waals surface area contributed by atoms with Crippen LogP contribution in [0.25, 0.3) is 0 Å². The van der Waals surface area contributed by atoms with Crippen LogP contribution < -0.4 is 5.32 Å². The number of aromatic nitrogens is 1. The molecule has 17 heavy (non-hydrogen) atoms. The fraction of sp³-hybridized carbons (Fsp3) is 0.200. The predicted octanol–water partition coefficient (Wildman–Crippen LogP) is 0.475. The molecule has 0 aromatic carbocycles. The van der Waals surface area contributed by atoms with E-state index in [4.69, 9.17) is 5.11 Å². The first-order valence-electron chi connectivity index (χ1n) is 4.80. The summed E-state index contributed by atoms with van der Waals surface area (Å²) in [5.74, 6) is -1.02. The van der Waals surface area contributed by atoms with Gasteiger partial charge in [0.05, 0.1) is 0 Å². The second-order valence-electron chi connectivity index (χ2n) is 2.83. The lowest BCUT2D eigenvalue weighted by atomic mass is 10.2. The third-order valence-electron chi connectivity index (χ3n) is 1.69. The molecule has 0 spiro atoms. The molecule has 0 bridgehead atoms. The molecule has 1 aromatic rings. The van der Waals surface area contributed by atoms with Crippen LogP contribution in [0.5, 0.6) is 0 Å². The van der Waals surface area contributed by atoms with Gasteiger partial charge in [-0.1, -0.05) is 11.2 Å². The molecule has 7 heteroatoms. The van der Waals surface area contributed by atoms with E-state index in [0.717, 1.165) is 0 Å². The Hall–Kier alpha value is -2.44. The van der Waals surface area contributed by atoms with E-state index in [-0.39, 0.29) is 23.8 Å². The molecule has 0 fully saturated rings. The SMILES string of the molecule is CCO/N=C(/C(=O)O)c1cccc(NC=O)n1. The van der Waals surface area contributed by atoms with Gasteiger partial charge in [-0.25, -0.2) is 9.78 Å². The fourth-order valence-electron chi connectivity index (χ4n) is 1.03. The number of oxime groups is 1. The van der Waals surface area contributed by atoms with Crippen LogP contribution in [0.2, 0.25) is 0 Å². The molecule has 0 saturated heterocycles. The average Bonchev–Trinajstić information content (AvgIpc) is 2.30. The van der Waals surface area contributed by atoms with Crippen LogP contribution in [0.1, 0.15) is 12.6 Å². The number of carboxylic acid groups (broad SMARTS) is 1. The zero-order valence-electron chi connectivity index (χ0n) is 9.08. The molecule has 1 heterocycles. The number of nitrogens with zero attached hydrogens (tertiary/aromatic N) is 2. The van der Waals surface area contributed by atoms with Crippen molar-refractivity contribution in [2.75, 3.05) is 11.9 Å². The van der Waals surface area contributed by atoms with Crippen molar-refractivity contribution in [1.82, 2.24) is 4.98 Å². The first-order valence-corrected chi connectivity index (χ1v) is 4.80. The molecule has 0 saturated carbocycles. The van der Waals surface area contributed by atoms with Gasteiger partial charge in [0.1, 0.15) is 18.1 Å². The maximum Gasteiger partial charge on any atom is 0.360 e. The lowest BCUT2D eigenvalue weighted by molar-refractivity contribution is -0.129. The van der Waals surface area contributed by atoms with E-state index in [2.05, 4.69) is 20.3 Å². The van der Waals surface area contributed by atoms with Crippen molar-refractivity contribution >= 4 is 23.9 Å². The number of nitrogens with one attached hydrogen (secondary N) is 1. The molecule has 1 amide bonds. The van der Waals surface area contributed by atoms with Crippen molar-refractivity contribution in [2.24, 2.45) is 5.16 Å². The Labute approximate surface area is 97.1 Å². The van der Waals surface area contributed by atoms with Crippen molar-refractivity contribution in [3.63, 3.8) is 0 Å². The second-order valence-corrected chi connectivity index (χ2v) is 2.83. The van der Waals surface area contributed by atoms with Crippen molar-refractivity contribution in [3.8, 4) is 0 Å². The van der Waals surface area contributed by atoms with E-state index in [1.807, 2.05) is 0 Å². The van der Waals surface area contributed by atoms with Gasteiger partial charge in [-0.05, 0) is 19.1 Å². The number of pyridine rings is 1. The van der Waals surface area contributed by atoms with E-state index >= 15 is 0 Å². The molecule has 0 aliphatic carbocycles. The molecule has 0 atom stereocenters. The zero-order valence-corrected chi connectivity index (χ0v) is 9.08. The highest BCUT2D eigenvalue weighted by Gasteiger charge is 2.15. The standard InChI is InChI=1S/C10H11N3O4/c1-2-17-13-9(10(15)16)7-4-3-5-8(12-7)11-6-14/h3-6H,2H2,1H3,(H,15,16)(H,11,12,14)/b13-9+. The molecular weight excluding hydrogens is 226 g/mol. The molecule has 1 aromatic heterocycles. The second kappa shape index (κ2) is 6.21. The number of hydrogen-bond donors (Lipinski definition) is 2. The summed E-state index contributed by atoms with van der Waals surface area (Å²) in [6, 6.07) is 4.54. The first kappa shape index (κ1) is 12.6. The summed E-state index contributed by atoms with van der Waals surface area (Å²) >= 11 is 0. The number of rotatable bonds is 6. The Morgan fingerprint density at radius 1 is 1.65 bits per heavy atom. The Morgan fingerprint density at radius 3 is 3.00 bits per heavy atom. The van der Waals surface area contributed by atoms with E-state index in [1.54, 1.807) is 13.0 Å². The third-order valence-corrected chi connectivity index (χ3v) is 1.69. The van der Waals surface area contributed by atoms with Crippen LogP contribution in [-0.4, -0.2) is 34.8 Å². The van der Waals surface area contributed by atoms with Crippen LogP contribution in [0.4, 0.5) is 5.82 Å². The van der Waals surface area contributed by atoms with Gasteiger partial charge in [-0.15, -0.1) is 0 Å². The van der Waals surface area contributed by atoms with Crippen molar-refractivity contribution in [1.29, 1.82) is 0 Å². The average molecular weight is 237 g/mol. The predicted molar refractivity (Wildman–Crippen MR) is 59.7 cm³/mol. The summed E-state index contributed by atoms with van der Waals surface area (Å²) in [6.07, 6.45) is 0.451. The summed E-state index contributed by atoms with van der Waals surface area (Å²) in [4.78, 5) is 29.8. The maximum absolute atomic E-state index is 10.9. The minimum atomic E-state index is -1.26. The van der Waals surface area contributed by atoms with Gasteiger partial charge in [0.25, 0.3) is 0 Å². The molecular formula is C10H11N3O4. The van der Waals surface area contributed by atoms with Crippen molar-refractivity contribution < 1.29 is 19.5 Å². The highest BCUT2D eigenvalue weighted by atomic mass is 16.6. The van der Waals surface area contributed by atoms with E-state index < -0.39 is 5.97 Å². The van der Waals surface area contributed by atoms with Crippen LogP contribution in [0.3, 0.4) is 0 Å². The number of hydrogen-bond acceptors (Lipinski definition) is 5. The zero-order chi connectivity index (χ0) is 12.7. The van der Waals surface area contributed by atoms with Gasteiger partial charge in [0, 0.05) is 0 Å². The largest absolute Gasteiger partial charge is 0.476 e. The topological polar surface area (TPSA) is 101 Å². The Morgan fingerprint density at radius 2 is 2.41 bits per heavy atom. The van der Waals surface area contributed by atoms with E-state index in [1.165, 1.54) is 12.1 Å². The number of carboxylic acids is 1. The van der Waals surface area contributed by atoms with Gasteiger partial charge in [0.2, 0.25) is 12.1 Å². The first-order chi connectivity index (χ1) is 8.19. The third kappa shape index (κ3) is 3.56. The van der Waals surface area contributed by atoms with Crippen LogP contribution in [-0.2, 0) is 14.4 Å². The summed E-state index contributed by atoms with van der Waals surface area (Å²) in [5.41, 5.74) is -0.209. The Balaban J connectivity index is 3.05. The molecule has 0 radical (unpaired) electrons. The van der Waals surface area contributed by atoms with Gasteiger partial charge in [-0.2, -0.15) is 0 Å². The Kier molecular flexibility index (Phi) is 4.61. The lowest BCUT2D eigenvalue weighted by Crippen LogP contribution is -2.17. The number of aliphatic carboxylic acids is 1. The van der Waals surface area contributed by atoms with E-state index in [9.17, 15) is 9.59 Å². The van der Waals surface area contributed by atoms with Crippen LogP contribution in [0, 0.1) is 0 Å².